The monoisotopic (exact) mass is 458 g/mol. The smallest absolute Gasteiger partial charge is 0.360 e. The largest absolute Gasteiger partial charge is 0.417 e. The standard InChI is InChI=1S/C23H21F3N4O3/c24-23(25,26)18-7-3-1-6-16(18)22(33)30-11-9-29(10-12-30)20(31)14-28-21(32)17-13-27-19-8-4-2-5-15(17)19/h1-8,13,27H,9-12,14H2,(H,28,32). The van der Waals surface area contributed by atoms with Gasteiger partial charge >= 0.3 is 6.18 Å². The lowest BCUT2D eigenvalue weighted by Gasteiger charge is -2.35. The van der Waals surface area contributed by atoms with Crippen molar-refractivity contribution in [1.29, 1.82) is 0 Å². The molecule has 1 saturated heterocycles. The number of nitrogens with zero attached hydrogens (tertiary/aromatic N) is 2. The summed E-state index contributed by atoms with van der Waals surface area (Å²) in [7, 11) is 0. The average molecular weight is 458 g/mol. The van der Waals surface area contributed by atoms with Crippen LogP contribution in [-0.4, -0.2) is 65.2 Å². The van der Waals surface area contributed by atoms with Crippen LogP contribution >= 0.6 is 0 Å². The van der Waals surface area contributed by atoms with Crippen molar-refractivity contribution in [3.63, 3.8) is 0 Å². The van der Waals surface area contributed by atoms with Gasteiger partial charge in [-0.1, -0.05) is 30.3 Å². The van der Waals surface area contributed by atoms with Gasteiger partial charge in [-0.15, -0.1) is 0 Å². The van der Waals surface area contributed by atoms with Gasteiger partial charge in [0.05, 0.1) is 23.2 Å². The molecule has 1 aliphatic heterocycles. The number of benzene rings is 2. The highest BCUT2D eigenvalue weighted by Gasteiger charge is 2.36. The van der Waals surface area contributed by atoms with Crippen LogP contribution in [0.5, 0.6) is 0 Å². The molecule has 2 aromatic carbocycles. The van der Waals surface area contributed by atoms with Crippen LogP contribution in [0.4, 0.5) is 13.2 Å². The third-order valence-electron chi connectivity index (χ3n) is 5.62. The SMILES string of the molecule is O=C(NCC(=O)N1CCN(C(=O)c2ccccc2C(F)(F)F)CC1)c1c[nH]c2ccccc12. The zero-order valence-electron chi connectivity index (χ0n) is 17.5. The first-order chi connectivity index (χ1) is 15.8. The Labute approximate surface area is 187 Å². The van der Waals surface area contributed by atoms with Crippen LogP contribution in [-0.2, 0) is 11.0 Å². The fourth-order valence-corrected chi connectivity index (χ4v) is 3.87. The zero-order valence-corrected chi connectivity index (χ0v) is 17.5. The van der Waals surface area contributed by atoms with Crippen LogP contribution in [0.3, 0.4) is 0 Å². The van der Waals surface area contributed by atoms with Crippen molar-refractivity contribution in [1.82, 2.24) is 20.1 Å². The number of para-hydroxylation sites is 1. The molecule has 3 aromatic rings. The molecule has 1 fully saturated rings. The third-order valence-corrected chi connectivity index (χ3v) is 5.62. The number of hydrogen-bond acceptors (Lipinski definition) is 3. The van der Waals surface area contributed by atoms with E-state index < -0.39 is 29.1 Å². The maximum Gasteiger partial charge on any atom is 0.417 e. The van der Waals surface area contributed by atoms with Crippen molar-refractivity contribution in [2.24, 2.45) is 0 Å². The number of halogens is 3. The van der Waals surface area contributed by atoms with E-state index in [2.05, 4.69) is 10.3 Å². The number of hydrogen-bond donors (Lipinski definition) is 2. The maximum atomic E-state index is 13.2. The topological polar surface area (TPSA) is 85.5 Å². The number of amides is 3. The Morgan fingerprint density at radius 3 is 2.24 bits per heavy atom. The van der Waals surface area contributed by atoms with Gasteiger partial charge in [0.1, 0.15) is 0 Å². The van der Waals surface area contributed by atoms with Crippen LogP contribution in [0.25, 0.3) is 10.9 Å². The third kappa shape index (κ3) is 4.69. The minimum atomic E-state index is -4.63. The van der Waals surface area contributed by atoms with E-state index in [1.165, 1.54) is 21.9 Å². The molecule has 0 atom stereocenters. The van der Waals surface area contributed by atoms with E-state index in [1.54, 1.807) is 12.3 Å². The lowest BCUT2D eigenvalue weighted by atomic mass is 10.1. The molecule has 33 heavy (non-hydrogen) atoms. The molecule has 1 aliphatic rings. The number of carbonyl (C=O) groups is 3. The molecule has 0 unspecified atom stereocenters. The second kappa shape index (κ2) is 8.97. The molecule has 0 saturated carbocycles. The van der Waals surface area contributed by atoms with Crippen molar-refractivity contribution in [3.8, 4) is 0 Å². The van der Waals surface area contributed by atoms with E-state index in [9.17, 15) is 27.6 Å². The van der Waals surface area contributed by atoms with Gasteiger partial charge in [0, 0.05) is 43.3 Å². The number of H-pyrrole nitrogens is 1. The molecule has 2 heterocycles. The summed E-state index contributed by atoms with van der Waals surface area (Å²) in [4.78, 5) is 43.4. The number of nitrogens with one attached hydrogen (secondary N) is 2. The molecule has 172 valence electrons. The Balaban J connectivity index is 1.32. The molecular weight excluding hydrogens is 437 g/mol. The van der Waals surface area contributed by atoms with Crippen LogP contribution in [0, 0.1) is 0 Å². The van der Waals surface area contributed by atoms with Crippen LogP contribution in [0.2, 0.25) is 0 Å². The quantitative estimate of drug-likeness (QED) is 0.631. The first-order valence-corrected chi connectivity index (χ1v) is 10.3. The van der Waals surface area contributed by atoms with Gasteiger partial charge in [0.25, 0.3) is 11.8 Å². The summed E-state index contributed by atoms with van der Waals surface area (Å²) < 4.78 is 39.7. The second-order valence-corrected chi connectivity index (χ2v) is 7.65. The van der Waals surface area contributed by atoms with Gasteiger partial charge in [0.15, 0.2) is 0 Å². The molecule has 1 aromatic heterocycles. The van der Waals surface area contributed by atoms with Crippen molar-refractivity contribution in [3.05, 3.63) is 71.4 Å². The maximum absolute atomic E-state index is 13.2. The molecule has 2 N–H and O–H groups in total. The lowest BCUT2D eigenvalue weighted by molar-refractivity contribution is -0.138. The van der Waals surface area contributed by atoms with Crippen LogP contribution in [0.1, 0.15) is 26.3 Å². The molecule has 0 bridgehead atoms. The Hall–Kier alpha value is -3.82. The van der Waals surface area contributed by atoms with Crippen molar-refractivity contribution in [2.45, 2.75) is 6.18 Å². The molecule has 4 rings (SSSR count). The summed E-state index contributed by atoms with van der Waals surface area (Å²) in [5.41, 5.74) is -0.150. The van der Waals surface area contributed by atoms with E-state index >= 15 is 0 Å². The van der Waals surface area contributed by atoms with Gasteiger partial charge in [-0.05, 0) is 18.2 Å². The van der Waals surface area contributed by atoms with E-state index in [1.807, 2.05) is 18.2 Å². The van der Waals surface area contributed by atoms with Crippen molar-refractivity contribution < 1.29 is 27.6 Å². The van der Waals surface area contributed by atoms with Crippen LogP contribution in [0.15, 0.2) is 54.7 Å². The van der Waals surface area contributed by atoms with Gasteiger partial charge in [0.2, 0.25) is 5.91 Å². The first kappa shape index (κ1) is 22.4. The van der Waals surface area contributed by atoms with Crippen molar-refractivity contribution >= 4 is 28.6 Å². The number of piperazine rings is 1. The first-order valence-electron chi connectivity index (χ1n) is 10.3. The molecule has 0 radical (unpaired) electrons. The molecule has 7 nitrogen and oxygen atoms in total. The summed E-state index contributed by atoms with van der Waals surface area (Å²) in [6, 6.07) is 12.0. The van der Waals surface area contributed by atoms with Gasteiger partial charge in [-0.25, -0.2) is 0 Å². The zero-order chi connectivity index (χ0) is 23.6. The number of aromatic nitrogens is 1. The highest BCUT2D eigenvalue weighted by molar-refractivity contribution is 6.07. The number of fused-ring (bicyclic) bond motifs is 1. The highest BCUT2D eigenvalue weighted by atomic mass is 19.4. The van der Waals surface area contributed by atoms with Crippen LogP contribution < -0.4 is 5.32 Å². The number of carbonyl (C=O) groups excluding carboxylic acids is 3. The fourth-order valence-electron chi connectivity index (χ4n) is 3.87. The van der Waals surface area contributed by atoms with Gasteiger partial charge in [-0.3, -0.25) is 14.4 Å². The molecule has 0 spiro atoms. The molecule has 0 aliphatic carbocycles. The predicted octanol–water partition coefficient (Wildman–Crippen LogP) is 2.90. The normalized spacial score (nSPS) is 14.4. The minimum Gasteiger partial charge on any atom is -0.360 e. The second-order valence-electron chi connectivity index (χ2n) is 7.65. The molecule has 3 amide bonds. The Morgan fingerprint density at radius 1 is 0.879 bits per heavy atom. The summed E-state index contributed by atoms with van der Waals surface area (Å²) >= 11 is 0. The number of alkyl halides is 3. The predicted molar refractivity (Wildman–Crippen MR) is 115 cm³/mol. The fraction of sp³-hybridized carbons (Fsp3) is 0.261. The minimum absolute atomic E-state index is 0.104. The summed E-state index contributed by atoms with van der Waals surface area (Å²) in [6.07, 6.45) is -3.05. The number of rotatable bonds is 4. The Bertz CT molecular complexity index is 1200. The number of aromatic amines is 1. The Morgan fingerprint density at radius 2 is 1.52 bits per heavy atom. The molecular formula is C23H21F3N4O3. The average Bonchev–Trinajstić information content (AvgIpc) is 3.26. The Kier molecular flexibility index (Phi) is 6.08. The van der Waals surface area contributed by atoms with E-state index in [0.29, 0.717) is 5.56 Å². The summed E-state index contributed by atoms with van der Waals surface area (Å²) in [5, 5.41) is 3.35. The van der Waals surface area contributed by atoms with E-state index in [-0.39, 0.29) is 38.6 Å². The van der Waals surface area contributed by atoms with Crippen molar-refractivity contribution in [2.75, 3.05) is 32.7 Å². The van der Waals surface area contributed by atoms with Gasteiger partial charge < -0.3 is 20.1 Å². The van der Waals surface area contributed by atoms with E-state index in [4.69, 9.17) is 0 Å². The van der Waals surface area contributed by atoms with E-state index in [0.717, 1.165) is 23.0 Å². The highest BCUT2D eigenvalue weighted by Crippen LogP contribution is 2.32. The molecule has 10 heteroatoms. The lowest BCUT2D eigenvalue weighted by Crippen LogP contribution is -2.52. The summed E-state index contributed by atoms with van der Waals surface area (Å²) in [6.45, 7) is 0.326. The summed E-state index contributed by atoms with van der Waals surface area (Å²) in [5.74, 6) is -1.44. The van der Waals surface area contributed by atoms with Gasteiger partial charge in [-0.2, -0.15) is 13.2 Å².